The maximum atomic E-state index is 10.7. The molecule has 0 fully saturated rings. The molecule has 0 saturated carbocycles. The lowest BCUT2D eigenvalue weighted by Gasteiger charge is -2.28. The Labute approximate surface area is 127 Å². The molecule has 2 rings (SSSR count). The minimum Gasteiger partial charge on any atom is -0.507 e. The summed E-state index contributed by atoms with van der Waals surface area (Å²) in [5.74, 6) is 1.36. The highest BCUT2D eigenvalue weighted by Gasteiger charge is 2.27. The van der Waals surface area contributed by atoms with E-state index in [0.717, 1.165) is 22.6 Å². The lowest BCUT2D eigenvalue weighted by Crippen LogP contribution is -2.18. The van der Waals surface area contributed by atoms with Crippen molar-refractivity contribution in [2.24, 2.45) is 0 Å². The molecule has 0 saturated heterocycles. The molecule has 0 unspecified atom stereocenters. The van der Waals surface area contributed by atoms with E-state index in [1.54, 1.807) is 6.20 Å². The highest BCUT2D eigenvalue weighted by molar-refractivity contribution is 5.54. The number of benzene rings is 1. The Bertz CT molecular complexity index is 620. The molecule has 3 heteroatoms. The van der Waals surface area contributed by atoms with Crippen LogP contribution < -0.4 is 0 Å². The molecule has 0 bridgehead atoms. The molecular weight excluding hydrogens is 260 g/mol. The molecule has 1 N–H and O–H groups in total. The fourth-order valence-electron chi connectivity index (χ4n) is 2.55. The summed E-state index contributed by atoms with van der Waals surface area (Å²) in [4.78, 5) is 4.30. The van der Waals surface area contributed by atoms with Crippen LogP contribution in [0.25, 0.3) is 5.69 Å². The van der Waals surface area contributed by atoms with Crippen molar-refractivity contribution >= 4 is 0 Å². The summed E-state index contributed by atoms with van der Waals surface area (Å²) in [7, 11) is 0. The van der Waals surface area contributed by atoms with Crippen LogP contribution in [-0.4, -0.2) is 14.7 Å². The van der Waals surface area contributed by atoms with Crippen molar-refractivity contribution in [3.05, 3.63) is 41.5 Å². The van der Waals surface area contributed by atoms with Gasteiger partial charge in [0.1, 0.15) is 11.6 Å². The second-order valence-electron chi connectivity index (χ2n) is 7.73. The molecule has 0 amide bonds. The van der Waals surface area contributed by atoms with Crippen LogP contribution in [0.3, 0.4) is 0 Å². The van der Waals surface area contributed by atoms with Gasteiger partial charge >= 0.3 is 0 Å². The van der Waals surface area contributed by atoms with Crippen LogP contribution in [0.4, 0.5) is 0 Å². The van der Waals surface area contributed by atoms with Crippen molar-refractivity contribution in [1.29, 1.82) is 0 Å². The number of nitrogens with zero attached hydrogens (tertiary/aromatic N) is 2. The van der Waals surface area contributed by atoms with Crippen LogP contribution >= 0.6 is 0 Å². The number of hydrogen-bond acceptors (Lipinski definition) is 2. The van der Waals surface area contributed by atoms with Crippen molar-refractivity contribution in [1.82, 2.24) is 9.55 Å². The third-order valence-electron chi connectivity index (χ3n) is 3.81. The molecule has 3 nitrogen and oxygen atoms in total. The molecule has 1 aromatic heterocycles. The smallest absolute Gasteiger partial charge is 0.123 e. The highest BCUT2D eigenvalue weighted by Crippen LogP contribution is 2.40. The van der Waals surface area contributed by atoms with E-state index in [1.807, 2.05) is 13.1 Å². The van der Waals surface area contributed by atoms with Gasteiger partial charge in [-0.3, -0.25) is 0 Å². The molecule has 0 aliphatic heterocycles. The third kappa shape index (κ3) is 2.97. The van der Waals surface area contributed by atoms with E-state index in [-0.39, 0.29) is 10.8 Å². The quantitative estimate of drug-likeness (QED) is 0.839. The first-order valence-corrected chi connectivity index (χ1v) is 7.40. The Morgan fingerprint density at radius 2 is 1.43 bits per heavy atom. The molecule has 21 heavy (non-hydrogen) atoms. The van der Waals surface area contributed by atoms with Crippen LogP contribution in [0.5, 0.6) is 5.75 Å². The highest BCUT2D eigenvalue weighted by atomic mass is 16.3. The number of phenols is 1. The zero-order valence-electron chi connectivity index (χ0n) is 14.2. The number of aromatic nitrogens is 2. The summed E-state index contributed by atoms with van der Waals surface area (Å²) in [6.07, 6.45) is 3.76. The molecule has 0 radical (unpaired) electrons. The number of rotatable bonds is 1. The molecule has 2 aromatic rings. The first-order valence-electron chi connectivity index (χ1n) is 7.40. The van der Waals surface area contributed by atoms with Crippen LogP contribution in [0.2, 0.25) is 0 Å². The van der Waals surface area contributed by atoms with E-state index in [1.165, 1.54) is 0 Å². The lowest BCUT2D eigenvalue weighted by atomic mass is 9.79. The normalized spacial score (nSPS) is 12.7. The molecule has 0 atom stereocenters. The Morgan fingerprint density at radius 1 is 0.952 bits per heavy atom. The first kappa shape index (κ1) is 15.6. The Kier molecular flexibility index (Phi) is 3.64. The SMILES string of the molecule is Cc1nccn1-c1cc(C(C)(C)C)c(O)c(C(C)(C)C)c1. The van der Waals surface area contributed by atoms with Crippen molar-refractivity contribution in [2.45, 2.75) is 59.3 Å². The topological polar surface area (TPSA) is 38.0 Å². The van der Waals surface area contributed by atoms with E-state index in [0.29, 0.717) is 5.75 Å². The van der Waals surface area contributed by atoms with Gasteiger partial charge in [0.05, 0.1) is 0 Å². The van der Waals surface area contributed by atoms with Gasteiger partial charge in [-0.1, -0.05) is 41.5 Å². The summed E-state index contributed by atoms with van der Waals surface area (Å²) in [5.41, 5.74) is 2.76. The van der Waals surface area contributed by atoms with Gasteiger partial charge in [-0.2, -0.15) is 0 Å². The number of hydrogen-bond donors (Lipinski definition) is 1. The maximum absolute atomic E-state index is 10.7. The Hall–Kier alpha value is -1.77. The molecular formula is C18H26N2O. The zero-order valence-corrected chi connectivity index (χ0v) is 14.2. The van der Waals surface area contributed by atoms with Crippen LogP contribution in [0, 0.1) is 6.92 Å². The first-order chi connectivity index (χ1) is 9.51. The van der Waals surface area contributed by atoms with Gasteiger partial charge < -0.3 is 9.67 Å². The van der Waals surface area contributed by atoms with Crippen LogP contribution in [-0.2, 0) is 10.8 Å². The minimum absolute atomic E-state index is 0.116. The third-order valence-corrected chi connectivity index (χ3v) is 3.81. The molecule has 0 aliphatic carbocycles. The van der Waals surface area contributed by atoms with Crippen molar-refractivity contribution in [3.63, 3.8) is 0 Å². The molecule has 0 aliphatic rings. The minimum atomic E-state index is -0.116. The summed E-state index contributed by atoms with van der Waals surface area (Å²) in [6.45, 7) is 14.7. The zero-order chi connectivity index (χ0) is 16.0. The van der Waals surface area contributed by atoms with Crippen LogP contribution in [0.1, 0.15) is 58.5 Å². The summed E-state index contributed by atoms with van der Waals surface area (Å²) in [5, 5.41) is 10.7. The van der Waals surface area contributed by atoms with Gasteiger partial charge in [-0.15, -0.1) is 0 Å². The number of aromatic hydroxyl groups is 1. The molecule has 0 spiro atoms. The number of phenolic OH excluding ortho intramolecular Hbond substituents is 1. The fraction of sp³-hybridized carbons (Fsp3) is 0.500. The van der Waals surface area contributed by atoms with Crippen LogP contribution in [0.15, 0.2) is 24.5 Å². The van der Waals surface area contributed by atoms with E-state index in [4.69, 9.17) is 0 Å². The molecule has 1 heterocycles. The fourth-order valence-corrected chi connectivity index (χ4v) is 2.55. The van der Waals surface area contributed by atoms with E-state index >= 15 is 0 Å². The summed E-state index contributed by atoms with van der Waals surface area (Å²) >= 11 is 0. The average Bonchev–Trinajstić information content (AvgIpc) is 2.72. The van der Waals surface area contributed by atoms with Crippen molar-refractivity contribution < 1.29 is 5.11 Å². The van der Waals surface area contributed by atoms with Gasteiger partial charge in [0.25, 0.3) is 0 Å². The van der Waals surface area contributed by atoms with E-state index in [2.05, 4.69) is 63.2 Å². The standard InChI is InChI=1S/C18H26N2O/c1-12-19-8-9-20(12)13-10-14(17(2,3)4)16(21)15(11-13)18(5,6)7/h8-11,21H,1-7H3. The average molecular weight is 286 g/mol. The monoisotopic (exact) mass is 286 g/mol. The van der Waals surface area contributed by atoms with E-state index in [9.17, 15) is 5.11 Å². The summed E-state index contributed by atoms with van der Waals surface area (Å²) in [6, 6.07) is 4.14. The van der Waals surface area contributed by atoms with Crippen molar-refractivity contribution in [2.75, 3.05) is 0 Å². The van der Waals surface area contributed by atoms with Gasteiger partial charge in [0, 0.05) is 29.2 Å². The molecule has 114 valence electrons. The summed E-state index contributed by atoms with van der Waals surface area (Å²) < 4.78 is 2.06. The lowest BCUT2D eigenvalue weighted by molar-refractivity contribution is 0.423. The van der Waals surface area contributed by atoms with Gasteiger partial charge in [0.2, 0.25) is 0 Å². The number of aryl methyl sites for hydroxylation is 1. The number of imidazole rings is 1. The maximum Gasteiger partial charge on any atom is 0.123 e. The van der Waals surface area contributed by atoms with E-state index < -0.39 is 0 Å². The van der Waals surface area contributed by atoms with Gasteiger partial charge in [-0.05, 0) is 29.9 Å². The Balaban J connectivity index is 2.78. The predicted octanol–water partition coefficient (Wildman–Crippen LogP) is 4.48. The molecule has 1 aromatic carbocycles. The van der Waals surface area contributed by atoms with Gasteiger partial charge in [-0.25, -0.2) is 4.98 Å². The second kappa shape index (κ2) is 4.90. The predicted molar refractivity (Wildman–Crippen MR) is 87.4 cm³/mol. The largest absolute Gasteiger partial charge is 0.507 e. The second-order valence-corrected chi connectivity index (χ2v) is 7.73. The van der Waals surface area contributed by atoms with Crippen molar-refractivity contribution in [3.8, 4) is 11.4 Å². The Morgan fingerprint density at radius 3 is 1.76 bits per heavy atom. The van der Waals surface area contributed by atoms with Gasteiger partial charge in [0.15, 0.2) is 0 Å².